The maximum Gasteiger partial charge on any atom is 0.159 e. The summed E-state index contributed by atoms with van der Waals surface area (Å²) in [4.78, 5) is 4.19. The predicted molar refractivity (Wildman–Crippen MR) is 63.0 cm³/mol. The van der Waals surface area contributed by atoms with Crippen LogP contribution in [0.5, 0.6) is 0 Å². The van der Waals surface area contributed by atoms with Crippen molar-refractivity contribution >= 4 is 34.1 Å². The quantitative estimate of drug-likeness (QED) is 0.483. The predicted octanol–water partition coefficient (Wildman–Crippen LogP) is 2.97. The molecule has 1 aromatic heterocycles. The third-order valence-corrected chi connectivity index (χ3v) is 2.32. The van der Waals surface area contributed by atoms with Gasteiger partial charge in [0.15, 0.2) is 5.58 Å². The van der Waals surface area contributed by atoms with E-state index in [-0.39, 0.29) is 5.88 Å². The molecule has 1 heterocycles. The molecular weight excluding hydrogens is 212 g/mol. The summed E-state index contributed by atoms with van der Waals surface area (Å²) in [6, 6.07) is 7.70. The number of furan rings is 1. The molecule has 2 N–H and O–H groups in total. The third kappa shape index (κ3) is 1.97. The van der Waals surface area contributed by atoms with Crippen LogP contribution in [0.4, 0.5) is 5.69 Å². The van der Waals surface area contributed by atoms with E-state index in [4.69, 9.17) is 21.8 Å². The van der Waals surface area contributed by atoms with Crippen LogP contribution in [0, 0.1) is 6.92 Å². The molecule has 0 bridgehead atoms. The first-order chi connectivity index (χ1) is 7.20. The second-order valence-corrected chi connectivity index (χ2v) is 3.56. The normalized spacial score (nSPS) is 12.3. The molecule has 0 saturated heterocycles. The summed E-state index contributed by atoms with van der Waals surface area (Å²) in [5, 5.41) is 1.02. The van der Waals surface area contributed by atoms with Gasteiger partial charge in [-0.15, -0.1) is 11.6 Å². The molecule has 0 amide bonds. The highest BCUT2D eigenvalue weighted by Crippen LogP contribution is 2.28. The molecule has 78 valence electrons. The monoisotopic (exact) mass is 222 g/mol. The van der Waals surface area contributed by atoms with Crippen LogP contribution in [0.1, 0.15) is 5.76 Å². The van der Waals surface area contributed by atoms with Crippen LogP contribution < -0.4 is 5.73 Å². The van der Waals surface area contributed by atoms with Crippen LogP contribution in [0.25, 0.3) is 11.0 Å². The number of nitrogens with zero attached hydrogens (tertiary/aromatic N) is 1. The van der Waals surface area contributed by atoms with Crippen LogP contribution >= 0.6 is 11.6 Å². The van der Waals surface area contributed by atoms with Crippen LogP contribution in [0.3, 0.4) is 0 Å². The number of halogens is 1. The minimum atomic E-state index is 0.218. The molecule has 1 aromatic carbocycles. The number of hydrogen-bond acceptors (Lipinski definition) is 2. The fourth-order valence-electron chi connectivity index (χ4n) is 1.45. The number of nitrogens with two attached hydrogens (primary N) is 1. The number of hydrogen-bond donors (Lipinski definition) is 1. The summed E-state index contributed by atoms with van der Waals surface area (Å²) in [7, 11) is 0. The van der Waals surface area contributed by atoms with Gasteiger partial charge >= 0.3 is 0 Å². The van der Waals surface area contributed by atoms with Gasteiger partial charge in [-0.1, -0.05) is 12.1 Å². The Labute approximate surface area is 92.5 Å². The van der Waals surface area contributed by atoms with E-state index in [1.165, 1.54) is 0 Å². The smallest absolute Gasteiger partial charge is 0.159 e. The van der Waals surface area contributed by atoms with Gasteiger partial charge in [-0.25, -0.2) is 4.99 Å². The molecule has 2 rings (SSSR count). The number of rotatable bonds is 2. The lowest BCUT2D eigenvalue weighted by atomic mass is 10.2. The average Bonchev–Trinajstić information content (AvgIpc) is 2.59. The van der Waals surface area contributed by atoms with Crippen LogP contribution in [0.15, 0.2) is 33.7 Å². The summed E-state index contributed by atoms with van der Waals surface area (Å²) in [5.41, 5.74) is 7.05. The summed E-state index contributed by atoms with van der Waals surface area (Å²) < 4.78 is 5.54. The van der Waals surface area contributed by atoms with Crippen molar-refractivity contribution in [3.63, 3.8) is 0 Å². The number of aliphatic imine (C=N–C) groups is 1. The molecule has 0 atom stereocenters. The zero-order chi connectivity index (χ0) is 10.8. The third-order valence-electron chi connectivity index (χ3n) is 2.05. The van der Waals surface area contributed by atoms with Crippen LogP contribution in [-0.2, 0) is 0 Å². The molecule has 0 saturated carbocycles. The molecule has 2 aromatic rings. The molecule has 4 heteroatoms. The van der Waals surface area contributed by atoms with Crippen molar-refractivity contribution in [2.45, 2.75) is 6.92 Å². The Morgan fingerprint density at radius 1 is 1.53 bits per heavy atom. The molecule has 0 aliphatic heterocycles. The number of benzene rings is 1. The topological polar surface area (TPSA) is 51.5 Å². The Bertz CT molecular complexity index is 516. The number of fused-ring (bicyclic) bond motifs is 1. The van der Waals surface area contributed by atoms with E-state index in [1.54, 1.807) is 0 Å². The molecule has 0 unspecified atom stereocenters. The van der Waals surface area contributed by atoms with Gasteiger partial charge < -0.3 is 10.2 Å². The highest BCUT2D eigenvalue weighted by Gasteiger charge is 2.05. The largest absolute Gasteiger partial charge is 0.459 e. The first-order valence-corrected chi connectivity index (χ1v) is 5.12. The molecular formula is C11H11ClN2O. The fraction of sp³-hybridized carbons (Fsp3) is 0.182. The van der Waals surface area contributed by atoms with Crippen LogP contribution in [-0.4, -0.2) is 11.7 Å². The van der Waals surface area contributed by atoms with Crippen molar-refractivity contribution < 1.29 is 4.42 Å². The van der Waals surface area contributed by atoms with E-state index < -0.39 is 0 Å². The van der Waals surface area contributed by atoms with Crippen molar-refractivity contribution in [3.8, 4) is 0 Å². The first kappa shape index (κ1) is 10.1. The second kappa shape index (κ2) is 3.95. The zero-order valence-electron chi connectivity index (χ0n) is 8.33. The summed E-state index contributed by atoms with van der Waals surface area (Å²) in [6.45, 7) is 1.90. The number of amidine groups is 1. The average molecular weight is 223 g/mol. The van der Waals surface area contributed by atoms with Gasteiger partial charge in [-0.3, -0.25) is 0 Å². The molecule has 0 fully saturated rings. The lowest BCUT2D eigenvalue weighted by molar-refractivity contribution is 0.579. The Morgan fingerprint density at radius 2 is 2.33 bits per heavy atom. The van der Waals surface area contributed by atoms with E-state index in [2.05, 4.69) is 4.99 Å². The van der Waals surface area contributed by atoms with E-state index in [9.17, 15) is 0 Å². The maximum atomic E-state index is 5.58. The first-order valence-electron chi connectivity index (χ1n) is 4.59. The summed E-state index contributed by atoms with van der Waals surface area (Å²) >= 11 is 5.57. The molecule has 3 nitrogen and oxygen atoms in total. The molecule has 0 radical (unpaired) electrons. The van der Waals surface area contributed by atoms with Gasteiger partial charge in [0, 0.05) is 5.39 Å². The van der Waals surface area contributed by atoms with Gasteiger partial charge in [0.2, 0.25) is 0 Å². The molecule has 0 aliphatic carbocycles. The van der Waals surface area contributed by atoms with Gasteiger partial charge in [0.25, 0.3) is 0 Å². The lowest BCUT2D eigenvalue weighted by Crippen LogP contribution is -2.12. The van der Waals surface area contributed by atoms with Gasteiger partial charge in [-0.2, -0.15) is 0 Å². The zero-order valence-corrected chi connectivity index (χ0v) is 9.08. The lowest BCUT2D eigenvalue weighted by Gasteiger charge is -1.97. The maximum absolute atomic E-state index is 5.58. The van der Waals surface area contributed by atoms with Crippen molar-refractivity contribution in [1.29, 1.82) is 0 Å². The standard InChI is InChI=1S/C11H11ClN2O/c1-7-5-8-3-2-4-9(11(8)15-7)14-10(13)6-12/h2-5H,6H2,1H3,(H2,13,14). The van der Waals surface area contributed by atoms with E-state index in [1.807, 2.05) is 31.2 Å². The highest BCUT2D eigenvalue weighted by atomic mass is 35.5. The van der Waals surface area contributed by atoms with Crippen molar-refractivity contribution in [3.05, 3.63) is 30.0 Å². The van der Waals surface area contributed by atoms with Gasteiger partial charge in [0.1, 0.15) is 17.3 Å². The van der Waals surface area contributed by atoms with E-state index in [0.29, 0.717) is 5.84 Å². The summed E-state index contributed by atoms with van der Waals surface area (Å²) in [5.74, 6) is 1.46. The second-order valence-electron chi connectivity index (χ2n) is 3.29. The van der Waals surface area contributed by atoms with Gasteiger partial charge in [0.05, 0.1) is 5.88 Å². The SMILES string of the molecule is Cc1cc2cccc(N=C(N)CCl)c2o1. The number of alkyl halides is 1. The van der Waals surface area contributed by atoms with Gasteiger partial charge in [-0.05, 0) is 19.1 Å². The summed E-state index contributed by atoms with van der Waals surface area (Å²) in [6.07, 6.45) is 0. The minimum Gasteiger partial charge on any atom is -0.459 e. The van der Waals surface area contributed by atoms with E-state index in [0.717, 1.165) is 22.4 Å². The number of para-hydroxylation sites is 1. The van der Waals surface area contributed by atoms with Crippen LogP contribution in [0.2, 0.25) is 0 Å². The Morgan fingerprint density at radius 3 is 3.07 bits per heavy atom. The molecule has 0 aliphatic rings. The Hall–Kier alpha value is -1.48. The fourth-order valence-corrected chi connectivity index (χ4v) is 1.51. The molecule has 15 heavy (non-hydrogen) atoms. The Kier molecular flexibility index (Phi) is 2.64. The molecule has 0 spiro atoms. The number of aryl methyl sites for hydroxylation is 1. The van der Waals surface area contributed by atoms with Crippen molar-refractivity contribution in [1.82, 2.24) is 0 Å². The van der Waals surface area contributed by atoms with E-state index >= 15 is 0 Å². The Balaban J connectivity index is 2.60. The van der Waals surface area contributed by atoms with Crippen molar-refractivity contribution in [2.24, 2.45) is 10.7 Å². The van der Waals surface area contributed by atoms with Crippen molar-refractivity contribution in [2.75, 3.05) is 5.88 Å². The minimum absolute atomic E-state index is 0.218. The highest BCUT2D eigenvalue weighted by molar-refractivity contribution is 6.28.